The first-order valence-corrected chi connectivity index (χ1v) is 11.1. The molecule has 2 aliphatic heterocycles. The van der Waals surface area contributed by atoms with Crippen LogP contribution < -0.4 is 19.7 Å². The number of ether oxygens (including phenoxy) is 2. The minimum Gasteiger partial charge on any atom is -0.497 e. The molecule has 0 saturated carbocycles. The summed E-state index contributed by atoms with van der Waals surface area (Å²) in [5.41, 5.74) is 4.10. The minimum atomic E-state index is -0.233. The summed E-state index contributed by atoms with van der Waals surface area (Å²) in [4.78, 5) is 18.5. The first kappa shape index (κ1) is 20.5. The molecule has 0 bridgehead atoms. The lowest BCUT2D eigenvalue weighted by molar-refractivity contribution is 0.263. The largest absolute Gasteiger partial charge is 0.497 e. The van der Waals surface area contributed by atoms with Crippen molar-refractivity contribution in [3.8, 4) is 11.5 Å². The van der Waals surface area contributed by atoms with Crippen molar-refractivity contribution in [2.24, 2.45) is 4.99 Å². The fraction of sp³-hybridized carbons (Fsp3) is 0.240. The first-order chi connectivity index (χ1) is 16.7. The number of pyridine rings is 1. The molecule has 2 aliphatic rings. The number of anilines is 1. The number of hydrogen-bond acceptors (Lipinski definition) is 8. The Morgan fingerprint density at radius 1 is 1.06 bits per heavy atom. The molecular weight excluding hydrogens is 430 g/mol. The maximum atomic E-state index is 5.74. The molecule has 1 atom stereocenters. The Morgan fingerprint density at radius 2 is 1.97 bits per heavy atom. The van der Waals surface area contributed by atoms with E-state index in [-0.39, 0.29) is 6.17 Å². The van der Waals surface area contributed by atoms with Gasteiger partial charge in [0.1, 0.15) is 17.7 Å². The molecule has 172 valence electrons. The summed E-state index contributed by atoms with van der Waals surface area (Å²) < 4.78 is 13.4. The lowest BCUT2D eigenvalue weighted by Gasteiger charge is -2.41. The normalized spacial score (nSPS) is 17.5. The van der Waals surface area contributed by atoms with E-state index in [2.05, 4.69) is 36.8 Å². The van der Waals surface area contributed by atoms with Gasteiger partial charge >= 0.3 is 0 Å². The van der Waals surface area contributed by atoms with Crippen molar-refractivity contribution in [1.29, 1.82) is 0 Å². The van der Waals surface area contributed by atoms with Crippen LogP contribution in [0.4, 0.5) is 5.95 Å². The maximum absolute atomic E-state index is 5.74. The number of fused-ring (bicyclic) bond motifs is 5. The van der Waals surface area contributed by atoms with E-state index < -0.39 is 0 Å². The highest BCUT2D eigenvalue weighted by atomic mass is 16.5. The quantitative estimate of drug-likeness (QED) is 0.495. The van der Waals surface area contributed by atoms with E-state index in [1.807, 2.05) is 48.7 Å². The Bertz CT molecular complexity index is 1370. The summed E-state index contributed by atoms with van der Waals surface area (Å²) in [6.07, 6.45) is 3.46. The number of imidazole rings is 1. The summed E-state index contributed by atoms with van der Waals surface area (Å²) in [7, 11) is 3.33. The van der Waals surface area contributed by atoms with Crippen LogP contribution in [0.3, 0.4) is 0 Å². The van der Waals surface area contributed by atoms with Crippen LogP contribution in [0.25, 0.3) is 11.0 Å². The Labute approximate surface area is 197 Å². The number of rotatable bonds is 5. The molecule has 0 fully saturated rings. The average Bonchev–Trinajstić information content (AvgIpc) is 3.29. The molecule has 9 nitrogen and oxygen atoms in total. The van der Waals surface area contributed by atoms with Crippen molar-refractivity contribution in [3.63, 3.8) is 0 Å². The van der Waals surface area contributed by atoms with Crippen molar-refractivity contribution in [2.75, 3.05) is 32.5 Å². The minimum absolute atomic E-state index is 0.233. The van der Waals surface area contributed by atoms with Gasteiger partial charge in [0.2, 0.25) is 11.9 Å². The molecule has 6 rings (SSSR count). The van der Waals surface area contributed by atoms with Gasteiger partial charge in [0.15, 0.2) is 0 Å². The highest BCUT2D eigenvalue weighted by Gasteiger charge is 2.36. The van der Waals surface area contributed by atoms with E-state index in [0.717, 1.165) is 52.1 Å². The molecule has 1 N–H and O–H groups in total. The van der Waals surface area contributed by atoms with E-state index in [1.54, 1.807) is 20.4 Å². The van der Waals surface area contributed by atoms with Crippen LogP contribution in [0.1, 0.15) is 17.3 Å². The number of nitrogens with zero attached hydrogens (tertiary/aromatic N) is 6. The van der Waals surface area contributed by atoms with Crippen LogP contribution >= 0.6 is 0 Å². The Hall–Kier alpha value is -4.11. The van der Waals surface area contributed by atoms with Crippen molar-refractivity contribution >= 4 is 22.9 Å². The Morgan fingerprint density at radius 3 is 2.79 bits per heavy atom. The van der Waals surface area contributed by atoms with E-state index in [0.29, 0.717) is 13.3 Å². The third-order valence-corrected chi connectivity index (χ3v) is 6.22. The summed E-state index contributed by atoms with van der Waals surface area (Å²) in [5.74, 6) is 3.13. The number of hydrogen-bond donors (Lipinski definition) is 1. The summed E-state index contributed by atoms with van der Waals surface area (Å²) in [5, 5.41) is 3.64. The zero-order chi connectivity index (χ0) is 23.1. The van der Waals surface area contributed by atoms with Gasteiger partial charge in [0.05, 0.1) is 38.6 Å². The molecule has 0 saturated heterocycles. The van der Waals surface area contributed by atoms with Gasteiger partial charge in [-0.3, -0.25) is 19.4 Å². The van der Waals surface area contributed by atoms with Crippen LogP contribution in [0.5, 0.6) is 11.5 Å². The highest BCUT2D eigenvalue weighted by molar-refractivity contribution is 5.99. The number of nitrogens with one attached hydrogen (secondary N) is 1. The molecule has 0 radical (unpaired) electrons. The Balaban J connectivity index is 1.44. The number of benzene rings is 2. The van der Waals surface area contributed by atoms with Gasteiger partial charge in [-0.25, -0.2) is 9.98 Å². The van der Waals surface area contributed by atoms with Gasteiger partial charge in [0, 0.05) is 30.6 Å². The van der Waals surface area contributed by atoms with E-state index >= 15 is 0 Å². The fourth-order valence-electron chi connectivity index (χ4n) is 4.62. The molecule has 2 aromatic heterocycles. The topological polar surface area (TPSA) is 80.0 Å². The zero-order valence-corrected chi connectivity index (χ0v) is 19.0. The fourth-order valence-corrected chi connectivity index (χ4v) is 4.62. The third-order valence-electron chi connectivity index (χ3n) is 6.22. The maximum Gasteiger partial charge on any atom is 0.216 e. The van der Waals surface area contributed by atoms with Crippen LogP contribution in [0, 0.1) is 0 Å². The molecule has 4 heterocycles. The standard InChI is InChI=1S/C25H25N7O2/c1-33-18-9-10-19(22(12-18)34-2)23-29-24-27-15-30(14-17-6-5-11-26-13-17)16-31(24)25-28-20-7-3-4-8-21(20)32(23)25/h3-13,23H,14-16H2,1-2H3,(H,27,29)/t23-/m0/s1. The monoisotopic (exact) mass is 455 g/mol. The summed E-state index contributed by atoms with van der Waals surface area (Å²) in [6.45, 7) is 2.01. The second-order valence-electron chi connectivity index (χ2n) is 8.31. The molecule has 0 aliphatic carbocycles. The summed E-state index contributed by atoms with van der Waals surface area (Å²) in [6, 6.07) is 18.1. The van der Waals surface area contributed by atoms with Crippen LogP contribution in [0.15, 0.2) is 72.0 Å². The number of aromatic nitrogens is 3. The molecular formula is C25H25N7O2. The van der Waals surface area contributed by atoms with Crippen LogP contribution in [0.2, 0.25) is 0 Å². The number of guanidine groups is 1. The second kappa shape index (κ2) is 8.35. The SMILES string of the molecule is COc1ccc([C@H]2NC3=NCN(Cc4cccnc4)CN3c3nc4ccccc4n32)c(OC)c1. The molecule has 34 heavy (non-hydrogen) atoms. The average molecular weight is 456 g/mol. The molecule has 9 heteroatoms. The van der Waals surface area contributed by atoms with Crippen molar-refractivity contribution in [3.05, 3.63) is 78.1 Å². The van der Waals surface area contributed by atoms with Crippen molar-refractivity contribution < 1.29 is 9.47 Å². The van der Waals surface area contributed by atoms with Crippen LogP contribution in [-0.2, 0) is 6.54 Å². The van der Waals surface area contributed by atoms with Gasteiger partial charge in [-0.05, 0) is 35.9 Å². The lowest BCUT2D eigenvalue weighted by Crippen LogP contribution is -2.57. The number of para-hydroxylation sites is 2. The molecule has 2 aromatic carbocycles. The summed E-state index contributed by atoms with van der Waals surface area (Å²) >= 11 is 0. The smallest absolute Gasteiger partial charge is 0.216 e. The molecule has 0 amide bonds. The van der Waals surface area contributed by atoms with Gasteiger partial charge in [0.25, 0.3) is 0 Å². The number of aliphatic imine (C=N–C) groups is 1. The van der Waals surface area contributed by atoms with Crippen molar-refractivity contribution in [2.45, 2.75) is 12.7 Å². The highest BCUT2D eigenvalue weighted by Crippen LogP contribution is 2.38. The van der Waals surface area contributed by atoms with E-state index in [9.17, 15) is 0 Å². The van der Waals surface area contributed by atoms with Gasteiger partial charge in [-0.2, -0.15) is 0 Å². The Kier molecular flexibility index (Phi) is 5.03. The van der Waals surface area contributed by atoms with Crippen molar-refractivity contribution in [1.82, 2.24) is 24.8 Å². The molecule has 0 unspecified atom stereocenters. The van der Waals surface area contributed by atoms with Crippen LogP contribution in [-0.4, -0.2) is 53.0 Å². The van der Waals surface area contributed by atoms with E-state index in [1.165, 1.54) is 0 Å². The number of methoxy groups -OCH3 is 2. The second-order valence-corrected chi connectivity index (χ2v) is 8.31. The predicted molar refractivity (Wildman–Crippen MR) is 130 cm³/mol. The third kappa shape index (κ3) is 3.41. The molecule has 4 aromatic rings. The van der Waals surface area contributed by atoms with Gasteiger partial charge in [-0.15, -0.1) is 0 Å². The molecule has 0 spiro atoms. The lowest BCUT2D eigenvalue weighted by atomic mass is 10.1. The van der Waals surface area contributed by atoms with Gasteiger partial charge < -0.3 is 14.8 Å². The van der Waals surface area contributed by atoms with E-state index in [4.69, 9.17) is 19.5 Å². The van der Waals surface area contributed by atoms with Gasteiger partial charge in [-0.1, -0.05) is 18.2 Å². The predicted octanol–water partition coefficient (Wildman–Crippen LogP) is 3.19. The first-order valence-electron chi connectivity index (χ1n) is 11.1. The zero-order valence-electron chi connectivity index (χ0n) is 19.0.